The first-order chi connectivity index (χ1) is 8.57. The van der Waals surface area contributed by atoms with E-state index in [-0.39, 0.29) is 5.54 Å². The van der Waals surface area contributed by atoms with Crippen molar-refractivity contribution in [3.63, 3.8) is 0 Å². The molecule has 0 aliphatic heterocycles. The lowest BCUT2D eigenvalue weighted by atomic mass is 9.95. The van der Waals surface area contributed by atoms with Crippen molar-refractivity contribution in [1.29, 1.82) is 0 Å². The van der Waals surface area contributed by atoms with Gasteiger partial charge in [0.15, 0.2) is 0 Å². The molecule has 4 nitrogen and oxygen atoms in total. The van der Waals surface area contributed by atoms with Gasteiger partial charge in [0.25, 0.3) is 0 Å². The average molecular weight is 247 g/mol. The van der Waals surface area contributed by atoms with Gasteiger partial charge in [-0.1, -0.05) is 19.9 Å². The van der Waals surface area contributed by atoms with E-state index in [1.807, 2.05) is 18.2 Å². The molecule has 2 N–H and O–H groups in total. The summed E-state index contributed by atoms with van der Waals surface area (Å²) in [6.07, 6.45) is 2.02. The zero-order chi connectivity index (χ0) is 13.3. The molecule has 0 amide bonds. The largest absolute Gasteiger partial charge is 0.494 e. The maximum absolute atomic E-state index is 6.11. The minimum absolute atomic E-state index is 0.00873. The van der Waals surface area contributed by atoms with Gasteiger partial charge in [-0.05, 0) is 31.9 Å². The lowest BCUT2D eigenvalue weighted by Crippen LogP contribution is -2.29. The topological polar surface area (TPSA) is 53.1 Å². The van der Waals surface area contributed by atoms with Crippen LogP contribution in [0, 0.1) is 0 Å². The van der Waals surface area contributed by atoms with Gasteiger partial charge < -0.3 is 15.0 Å². The summed E-state index contributed by atoms with van der Waals surface area (Å²) in [5, 5.41) is 0. The molecule has 0 bridgehead atoms. The smallest absolute Gasteiger partial charge is 0.201 e. The summed E-state index contributed by atoms with van der Waals surface area (Å²) in [5.41, 5.74) is 7.98. The van der Waals surface area contributed by atoms with E-state index in [0.717, 1.165) is 29.6 Å². The molecule has 0 fully saturated rings. The molecule has 1 aromatic carbocycles. The van der Waals surface area contributed by atoms with E-state index in [9.17, 15) is 0 Å². The SMILES string of the molecule is CCC(C)(CC)n1c(N)nc2c(OC)cccc21. The fourth-order valence-corrected chi connectivity index (χ4v) is 2.39. The number of para-hydroxylation sites is 1. The fourth-order valence-electron chi connectivity index (χ4n) is 2.39. The summed E-state index contributed by atoms with van der Waals surface area (Å²) in [6, 6.07) is 5.93. The number of nitrogen functional groups attached to an aromatic ring is 1. The van der Waals surface area contributed by atoms with Crippen molar-refractivity contribution >= 4 is 17.0 Å². The Labute approximate surface area is 108 Å². The number of anilines is 1. The Morgan fingerprint density at radius 2 is 2.00 bits per heavy atom. The number of fused-ring (bicyclic) bond motifs is 1. The number of benzene rings is 1. The van der Waals surface area contributed by atoms with Crippen LogP contribution in [-0.2, 0) is 5.54 Å². The highest BCUT2D eigenvalue weighted by molar-refractivity contribution is 5.84. The molecular weight excluding hydrogens is 226 g/mol. The van der Waals surface area contributed by atoms with E-state index in [1.165, 1.54) is 0 Å². The number of nitrogens with zero attached hydrogens (tertiary/aromatic N) is 2. The summed E-state index contributed by atoms with van der Waals surface area (Å²) in [5.74, 6) is 1.33. The summed E-state index contributed by atoms with van der Waals surface area (Å²) < 4.78 is 7.47. The van der Waals surface area contributed by atoms with Crippen LogP contribution in [0.5, 0.6) is 5.75 Å². The average Bonchev–Trinajstić information content (AvgIpc) is 2.74. The van der Waals surface area contributed by atoms with Crippen molar-refractivity contribution in [3.8, 4) is 5.75 Å². The predicted octanol–water partition coefficient (Wildman–Crippen LogP) is 3.16. The van der Waals surface area contributed by atoms with E-state index in [2.05, 4.69) is 30.3 Å². The maximum Gasteiger partial charge on any atom is 0.201 e. The number of imidazole rings is 1. The molecule has 2 rings (SSSR count). The van der Waals surface area contributed by atoms with Gasteiger partial charge in [-0.3, -0.25) is 0 Å². The zero-order valence-corrected chi connectivity index (χ0v) is 11.5. The second kappa shape index (κ2) is 4.52. The van der Waals surface area contributed by atoms with Crippen molar-refractivity contribution in [3.05, 3.63) is 18.2 Å². The Kier molecular flexibility index (Phi) is 3.20. The second-order valence-electron chi connectivity index (χ2n) is 4.84. The van der Waals surface area contributed by atoms with E-state index in [1.54, 1.807) is 7.11 Å². The standard InChI is InChI=1S/C14H21N3O/c1-5-14(3,6-2)17-10-8-7-9-11(18-4)12(10)16-13(17)15/h7-9H,5-6H2,1-4H3,(H2,15,16). The van der Waals surface area contributed by atoms with Crippen molar-refractivity contribution in [2.24, 2.45) is 0 Å². The number of hydrogen-bond acceptors (Lipinski definition) is 3. The Bertz CT molecular complexity index is 555. The normalized spacial score (nSPS) is 12.0. The van der Waals surface area contributed by atoms with Crippen LogP contribution in [0.3, 0.4) is 0 Å². The zero-order valence-electron chi connectivity index (χ0n) is 11.5. The van der Waals surface area contributed by atoms with Crippen molar-refractivity contribution in [1.82, 2.24) is 9.55 Å². The Morgan fingerprint density at radius 1 is 1.33 bits per heavy atom. The molecular formula is C14H21N3O. The molecule has 0 unspecified atom stereocenters. The third kappa shape index (κ3) is 1.72. The Morgan fingerprint density at radius 3 is 2.56 bits per heavy atom. The molecule has 98 valence electrons. The molecule has 2 aromatic rings. The number of ether oxygens (including phenoxy) is 1. The van der Waals surface area contributed by atoms with Gasteiger partial charge in [0.1, 0.15) is 11.3 Å². The van der Waals surface area contributed by atoms with Crippen LogP contribution in [0.1, 0.15) is 33.6 Å². The highest BCUT2D eigenvalue weighted by atomic mass is 16.5. The van der Waals surface area contributed by atoms with E-state index in [0.29, 0.717) is 5.95 Å². The van der Waals surface area contributed by atoms with Gasteiger partial charge in [0.2, 0.25) is 5.95 Å². The third-order valence-electron chi connectivity index (χ3n) is 3.96. The molecule has 1 heterocycles. The minimum atomic E-state index is -0.00873. The highest BCUT2D eigenvalue weighted by Crippen LogP contribution is 2.35. The third-order valence-corrected chi connectivity index (χ3v) is 3.96. The van der Waals surface area contributed by atoms with Gasteiger partial charge in [-0.2, -0.15) is 0 Å². The number of aromatic nitrogens is 2. The fraction of sp³-hybridized carbons (Fsp3) is 0.500. The first kappa shape index (κ1) is 12.7. The van der Waals surface area contributed by atoms with Crippen LogP contribution in [0.15, 0.2) is 18.2 Å². The Balaban J connectivity index is 2.76. The lowest BCUT2D eigenvalue weighted by Gasteiger charge is -2.30. The van der Waals surface area contributed by atoms with Crippen LogP contribution in [0.4, 0.5) is 5.95 Å². The van der Waals surface area contributed by atoms with Gasteiger partial charge in [-0.25, -0.2) is 4.98 Å². The van der Waals surface area contributed by atoms with Gasteiger partial charge in [-0.15, -0.1) is 0 Å². The molecule has 0 saturated carbocycles. The number of rotatable bonds is 4. The quantitative estimate of drug-likeness (QED) is 0.902. The number of nitrogens with two attached hydrogens (primary N) is 1. The second-order valence-corrected chi connectivity index (χ2v) is 4.84. The van der Waals surface area contributed by atoms with Crippen molar-refractivity contribution in [2.75, 3.05) is 12.8 Å². The monoisotopic (exact) mass is 247 g/mol. The van der Waals surface area contributed by atoms with E-state index >= 15 is 0 Å². The molecule has 0 radical (unpaired) electrons. The molecule has 0 aliphatic carbocycles. The first-order valence-electron chi connectivity index (χ1n) is 6.38. The summed E-state index contributed by atoms with van der Waals surface area (Å²) in [6.45, 7) is 6.56. The van der Waals surface area contributed by atoms with Crippen molar-refractivity contribution < 1.29 is 4.74 Å². The molecule has 0 spiro atoms. The van der Waals surface area contributed by atoms with Gasteiger partial charge in [0.05, 0.1) is 12.6 Å². The summed E-state index contributed by atoms with van der Waals surface area (Å²) in [4.78, 5) is 4.46. The van der Waals surface area contributed by atoms with Crippen molar-refractivity contribution in [2.45, 2.75) is 39.2 Å². The molecule has 0 atom stereocenters. The van der Waals surface area contributed by atoms with E-state index < -0.39 is 0 Å². The number of hydrogen-bond donors (Lipinski definition) is 1. The predicted molar refractivity (Wildman–Crippen MR) is 74.9 cm³/mol. The maximum atomic E-state index is 6.11. The van der Waals surface area contributed by atoms with Crippen LogP contribution in [0.25, 0.3) is 11.0 Å². The summed E-state index contributed by atoms with van der Waals surface area (Å²) >= 11 is 0. The first-order valence-corrected chi connectivity index (χ1v) is 6.38. The highest BCUT2D eigenvalue weighted by Gasteiger charge is 2.27. The molecule has 1 aromatic heterocycles. The van der Waals surface area contributed by atoms with Crippen LogP contribution < -0.4 is 10.5 Å². The molecule has 18 heavy (non-hydrogen) atoms. The van der Waals surface area contributed by atoms with Crippen LogP contribution in [0.2, 0.25) is 0 Å². The van der Waals surface area contributed by atoms with Crippen LogP contribution in [-0.4, -0.2) is 16.7 Å². The minimum Gasteiger partial charge on any atom is -0.494 e. The van der Waals surface area contributed by atoms with Crippen LogP contribution >= 0.6 is 0 Å². The number of methoxy groups -OCH3 is 1. The summed E-state index contributed by atoms with van der Waals surface area (Å²) in [7, 11) is 1.66. The molecule has 0 aliphatic rings. The molecule has 0 saturated heterocycles. The molecule has 4 heteroatoms. The van der Waals surface area contributed by atoms with E-state index in [4.69, 9.17) is 10.5 Å². The Hall–Kier alpha value is -1.71. The lowest BCUT2D eigenvalue weighted by molar-refractivity contribution is 0.307. The van der Waals surface area contributed by atoms with Gasteiger partial charge >= 0.3 is 0 Å². The van der Waals surface area contributed by atoms with Gasteiger partial charge in [0, 0.05) is 5.54 Å².